The number of rotatable bonds is 4. The van der Waals surface area contributed by atoms with Gasteiger partial charge >= 0.3 is 0 Å². The average Bonchev–Trinajstić information content (AvgIpc) is 2.48. The van der Waals surface area contributed by atoms with E-state index in [-0.39, 0.29) is 24.4 Å². The first-order chi connectivity index (χ1) is 9.58. The summed E-state index contributed by atoms with van der Waals surface area (Å²) in [5.41, 5.74) is 1.17. The van der Waals surface area contributed by atoms with E-state index in [1.54, 1.807) is 0 Å². The smallest absolute Gasteiger partial charge is 0.236 e. The lowest BCUT2D eigenvalue weighted by molar-refractivity contribution is -0.133. The van der Waals surface area contributed by atoms with Crippen molar-refractivity contribution < 1.29 is 4.79 Å². The highest BCUT2D eigenvalue weighted by Crippen LogP contribution is 2.20. The zero-order valence-electron chi connectivity index (χ0n) is 12.5. The SMILES string of the molecule is CC(c1ccc(Cl)cc1)N(C)CC(=O)N1CCNCC1.Cl. The van der Waals surface area contributed by atoms with E-state index in [2.05, 4.69) is 17.1 Å². The van der Waals surface area contributed by atoms with Gasteiger partial charge < -0.3 is 10.2 Å². The van der Waals surface area contributed by atoms with Crippen LogP contribution in [0.3, 0.4) is 0 Å². The van der Waals surface area contributed by atoms with E-state index < -0.39 is 0 Å². The van der Waals surface area contributed by atoms with Gasteiger partial charge in [-0.15, -0.1) is 12.4 Å². The molecule has 6 heteroatoms. The monoisotopic (exact) mass is 331 g/mol. The number of amides is 1. The summed E-state index contributed by atoms with van der Waals surface area (Å²) in [5, 5.41) is 3.99. The molecule has 0 saturated carbocycles. The number of hydrogen-bond acceptors (Lipinski definition) is 3. The van der Waals surface area contributed by atoms with E-state index >= 15 is 0 Å². The van der Waals surface area contributed by atoms with Crippen molar-refractivity contribution in [2.75, 3.05) is 39.8 Å². The second-order valence-electron chi connectivity index (χ2n) is 5.27. The topological polar surface area (TPSA) is 35.6 Å². The lowest BCUT2D eigenvalue weighted by Crippen LogP contribution is -2.49. The fourth-order valence-corrected chi connectivity index (χ4v) is 2.49. The first kappa shape index (κ1) is 18.2. The highest BCUT2D eigenvalue weighted by Gasteiger charge is 2.20. The van der Waals surface area contributed by atoms with E-state index in [9.17, 15) is 4.79 Å². The van der Waals surface area contributed by atoms with Crippen LogP contribution in [-0.2, 0) is 4.79 Å². The van der Waals surface area contributed by atoms with Crippen LogP contribution in [0.2, 0.25) is 5.02 Å². The Kier molecular flexibility index (Phi) is 7.46. The number of piperazine rings is 1. The van der Waals surface area contributed by atoms with Crippen molar-refractivity contribution in [2.24, 2.45) is 0 Å². The first-order valence-corrected chi connectivity index (χ1v) is 7.40. The minimum Gasteiger partial charge on any atom is -0.339 e. The van der Waals surface area contributed by atoms with Gasteiger partial charge in [0, 0.05) is 37.2 Å². The molecule has 1 saturated heterocycles. The molecule has 0 spiro atoms. The molecule has 1 aromatic carbocycles. The molecule has 1 atom stereocenters. The van der Waals surface area contributed by atoms with Gasteiger partial charge in [0.25, 0.3) is 0 Å². The molecule has 4 nitrogen and oxygen atoms in total. The number of carbonyl (C=O) groups excluding carboxylic acids is 1. The third kappa shape index (κ3) is 5.15. The lowest BCUT2D eigenvalue weighted by atomic mass is 10.1. The van der Waals surface area contributed by atoms with Crippen LogP contribution in [0.5, 0.6) is 0 Å². The zero-order chi connectivity index (χ0) is 14.5. The van der Waals surface area contributed by atoms with Crippen LogP contribution < -0.4 is 5.32 Å². The van der Waals surface area contributed by atoms with Crippen LogP contribution in [0.1, 0.15) is 18.5 Å². The summed E-state index contributed by atoms with van der Waals surface area (Å²) >= 11 is 5.90. The highest BCUT2D eigenvalue weighted by atomic mass is 35.5. The maximum Gasteiger partial charge on any atom is 0.236 e. The Morgan fingerprint density at radius 1 is 1.33 bits per heavy atom. The molecular weight excluding hydrogens is 309 g/mol. The number of carbonyl (C=O) groups is 1. The predicted molar refractivity (Wildman–Crippen MR) is 89.2 cm³/mol. The van der Waals surface area contributed by atoms with Gasteiger partial charge in [0.15, 0.2) is 0 Å². The van der Waals surface area contributed by atoms with E-state index in [1.807, 2.05) is 36.2 Å². The fourth-order valence-electron chi connectivity index (χ4n) is 2.36. The molecular formula is C15H23Cl2N3O. The molecule has 0 radical (unpaired) electrons. The van der Waals surface area contributed by atoms with Crippen molar-refractivity contribution in [3.8, 4) is 0 Å². The van der Waals surface area contributed by atoms with Gasteiger partial charge in [0.05, 0.1) is 6.54 Å². The molecule has 2 rings (SSSR count). The standard InChI is InChI=1S/C15H22ClN3O.ClH/c1-12(13-3-5-14(16)6-4-13)18(2)11-15(20)19-9-7-17-8-10-19;/h3-6,12,17H,7-11H2,1-2H3;1H. The van der Waals surface area contributed by atoms with Gasteiger partial charge in [-0.3, -0.25) is 9.69 Å². The Balaban J connectivity index is 0.00000220. The third-order valence-corrected chi connectivity index (χ3v) is 4.12. The van der Waals surface area contributed by atoms with Gasteiger partial charge in [-0.2, -0.15) is 0 Å². The van der Waals surface area contributed by atoms with Crippen LogP contribution in [0.4, 0.5) is 0 Å². The van der Waals surface area contributed by atoms with Crippen LogP contribution in [0.15, 0.2) is 24.3 Å². The van der Waals surface area contributed by atoms with Crippen molar-refractivity contribution >= 4 is 29.9 Å². The molecule has 1 aromatic rings. The van der Waals surface area contributed by atoms with Crippen molar-refractivity contribution in [3.63, 3.8) is 0 Å². The maximum absolute atomic E-state index is 12.2. The highest BCUT2D eigenvalue weighted by molar-refractivity contribution is 6.30. The Bertz CT molecular complexity index is 447. The molecule has 1 amide bonds. The summed E-state index contributed by atoms with van der Waals surface area (Å²) in [6.07, 6.45) is 0. The van der Waals surface area contributed by atoms with Gasteiger partial charge in [0.2, 0.25) is 5.91 Å². The Labute approximate surface area is 137 Å². The average molecular weight is 332 g/mol. The lowest BCUT2D eigenvalue weighted by Gasteiger charge is -2.31. The van der Waals surface area contributed by atoms with Crippen LogP contribution >= 0.6 is 24.0 Å². The molecule has 118 valence electrons. The molecule has 1 heterocycles. The maximum atomic E-state index is 12.2. The molecule has 1 unspecified atom stereocenters. The molecule has 1 N–H and O–H groups in total. The Hall–Kier alpha value is -0.810. The molecule has 1 fully saturated rings. The summed E-state index contributed by atoms with van der Waals surface area (Å²) in [4.78, 5) is 16.2. The summed E-state index contributed by atoms with van der Waals surface area (Å²) in [6.45, 7) is 5.95. The number of nitrogens with one attached hydrogen (secondary N) is 1. The molecule has 1 aliphatic heterocycles. The summed E-state index contributed by atoms with van der Waals surface area (Å²) in [5.74, 6) is 0.204. The van der Waals surface area contributed by atoms with Crippen LogP contribution in [0.25, 0.3) is 0 Å². The van der Waals surface area contributed by atoms with Crippen molar-refractivity contribution in [2.45, 2.75) is 13.0 Å². The van der Waals surface area contributed by atoms with Crippen molar-refractivity contribution in [1.29, 1.82) is 0 Å². The largest absolute Gasteiger partial charge is 0.339 e. The molecule has 21 heavy (non-hydrogen) atoms. The number of halogens is 2. The van der Waals surface area contributed by atoms with Crippen LogP contribution in [0, 0.1) is 0 Å². The van der Waals surface area contributed by atoms with E-state index in [0.717, 1.165) is 31.2 Å². The summed E-state index contributed by atoms with van der Waals surface area (Å²) in [7, 11) is 1.99. The number of likely N-dealkylation sites (N-methyl/N-ethyl adjacent to an activating group) is 1. The van der Waals surface area contributed by atoms with Crippen molar-refractivity contribution in [1.82, 2.24) is 15.1 Å². The van der Waals surface area contributed by atoms with Gasteiger partial charge in [-0.1, -0.05) is 23.7 Å². The minimum atomic E-state index is 0. The Morgan fingerprint density at radius 2 is 1.90 bits per heavy atom. The molecule has 1 aliphatic rings. The summed E-state index contributed by atoms with van der Waals surface area (Å²) in [6, 6.07) is 8.00. The zero-order valence-corrected chi connectivity index (χ0v) is 14.1. The Morgan fingerprint density at radius 3 is 2.48 bits per heavy atom. The summed E-state index contributed by atoms with van der Waals surface area (Å²) < 4.78 is 0. The van der Waals surface area contributed by atoms with E-state index in [0.29, 0.717) is 6.54 Å². The van der Waals surface area contributed by atoms with Gasteiger partial charge in [-0.25, -0.2) is 0 Å². The van der Waals surface area contributed by atoms with Crippen LogP contribution in [-0.4, -0.2) is 55.5 Å². The van der Waals surface area contributed by atoms with Crippen molar-refractivity contribution in [3.05, 3.63) is 34.9 Å². The quantitative estimate of drug-likeness (QED) is 0.918. The normalized spacial score (nSPS) is 16.5. The van der Waals surface area contributed by atoms with E-state index in [4.69, 9.17) is 11.6 Å². The molecule has 0 aliphatic carbocycles. The molecule has 0 aromatic heterocycles. The van der Waals surface area contributed by atoms with Gasteiger partial charge in [0.1, 0.15) is 0 Å². The second-order valence-corrected chi connectivity index (χ2v) is 5.71. The predicted octanol–water partition coefficient (Wildman–Crippen LogP) is 2.19. The fraction of sp³-hybridized carbons (Fsp3) is 0.533. The number of benzene rings is 1. The number of hydrogen-bond donors (Lipinski definition) is 1. The third-order valence-electron chi connectivity index (χ3n) is 3.87. The first-order valence-electron chi connectivity index (χ1n) is 7.02. The minimum absolute atomic E-state index is 0. The van der Waals surface area contributed by atoms with Gasteiger partial charge in [-0.05, 0) is 31.7 Å². The second kappa shape index (κ2) is 8.59. The van der Waals surface area contributed by atoms with E-state index in [1.165, 1.54) is 5.56 Å². The molecule has 0 bridgehead atoms. The number of nitrogens with zero attached hydrogens (tertiary/aromatic N) is 2.